The molecule has 0 aromatic rings. The molecule has 0 aliphatic carbocycles. The summed E-state index contributed by atoms with van der Waals surface area (Å²) in [5, 5.41) is 3.56. The lowest BCUT2D eigenvalue weighted by Gasteiger charge is -2.27. The minimum absolute atomic E-state index is 0.380. The second-order valence-electron chi connectivity index (χ2n) is 4.89. The van der Waals surface area contributed by atoms with Crippen LogP contribution in [0.4, 0.5) is 0 Å². The first-order valence-corrected chi connectivity index (χ1v) is 9.15. The average molecular weight is 263 g/mol. The van der Waals surface area contributed by atoms with Gasteiger partial charge in [-0.25, -0.2) is 8.42 Å². The molecule has 5 heteroatoms. The van der Waals surface area contributed by atoms with E-state index in [0.717, 1.165) is 25.3 Å². The summed E-state index contributed by atoms with van der Waals surface area (Å²) in [5.74, 6) is 4.17. The number of hydrogen-bond donors (Lipinski definition) is 1. The van der Waals surface area contributed by atoms with Crippen LogP contribution in [0.3, 0.4) is 0 Å². The highest BCUT2D eigenvalue weighted by Crippen LogP contribution is 2.22. The lowest BCUT2D eigenvalue weighted by Crippen LogP contribution is -2.40. The number of thioether (sulfide) groups is 1. The summed E-state index contributed by atoms with van der Waals surface area (Å²) in [5.41, 5.74) is 0. The van der Waals surface area contributed by atoms with E-state index in [1.54, 1.807) is 0 Å². The van der Waals surface area contributed by atoms with Crippen molar-refractivity contribution in [1.82, 2.24) is 5.32 Å². The van der Waals surface area contributed by atoms with Gasteiger partial charge in [-0.15, -0.1) is 0 Å². The van der Waals surface area contributed by atoms with E-state index in [2.05, 4.69) is 17.1 Å². The number of nitrogens with one attached hydrogen (secondary N) is 1. The first-order valence-electron chi connectivity index (χ1n) is 6.17. The molecule has 0 amide bonds. The molecule has 0 spiro atoms. The summed E-state index contributed by atoms with van der Waals surface area (Å²) in [6.45, 7) is 1.09. The Morgan fingerprint density at radius 1 is 1.06 bits per heavy atom. The van der Waals surface area contributed by atoms with Gasteiger partial charge in [0.15, 0.2) is 0 Å². The molecule has 0 atom stereocenters. The molecule has 0 aromatic heterocycles. The molecule has 2 fully saturated rings. The van der Waals surface area contributed by atoms with Crippen LogP contribution >= 0.6 is 11.8 Å². The molecule has 16 heavy (non-hydrogen) atoms. The molecule has 1 N–H and O–H groups in total. The van der Waals surface area contributed by atoms with Crippen LogP contribution in [0.25, 0.3) is 0 Å². The summed E-state index contributed by atoms with van der Waals surface area (Å²) >= 11 is 2.05. The van der Waals surface area contributed by atoms with Crippen molar-refractivity contribution in [2.45, 2.75) is 31.7 Å². The van der Waals surface area contributed by atoms with Crippen LogP contribution in [0.2, 0.25) is 0 Å². The second kappa shape index (κ2) is 5.74. The third-order valence-electron chi connectivity index (χ3n) is 3.59. The third kappa shape index (κ3) is 3.93. The van der Waals surface area contributed by atoms with E-state index in [9.17, 15) is 8.42 Å². The van der Waals surface area contributed by atoms with Crippen molar-refractivity contribution in [2.75, 3.05) is 29.6 Å². The van der Waals surface area contributed by atoms with Crippen LogP contribution in [-0.4, -0.2) is 44.0 Å². The van der Waals surface area contributed by atoms with Crippen molar-refractivity contribution >= 4 is 21.6 Å². The van der Waals surface area contributed by atoms with E-state index in [0.29, 0.717) is 17.5 Å². The van der Waals surface area contributed by atoms with Crippen molar-refractivity contribution in [3.8, 4) is 0 Å². The Bertz CT molecular complexity index is 296. The monoisotopic (exact) mass is 263 g/mol. The molecule has 0 bridgehead atoms. The van der Waals surface area contributed by atoms with Crippen LogP contribution in [0.15, 0.2) is 0 Å². The maximum Gasteiger partial charge on any atom is 0.150 e. The summed E-state index contributed by atoms with van der Waals surface area (Å²) < 4.78 is 22.5. The summed E-state index contributed by atoms with van der Waals surface area (Å²) in [6, 6.07) is 0.443. The molecule has 2 aliphatic rings. The number of sulfone groups is 1. The molecule has 2 aliphatic heterocycles. The van der Waals surface area contributed by atoms with Gasteiger partial charge in [0.25, 0.3) is 0 Å². The Labute approximate surface area is 103 Å². The minimum atomic E-state index is -2.70. The van der Waals surface area contributed by atoms with Crippen molar-refractivity contribution in [3.05, 3.63) is 0 Å². The van der Waals surface area contributed by atoms with E-state index < -0.39 is 9.84 Å². The lowest BCUT2D eigenvalue weighted by molar-refractivity contribution is 0.388. The highest BCUT2D eigenvalue weighted by molar-refractivity contribution is 7.99. The van der Waals surface area contributed by atoms with E-state index in [-0.39, 0.29) is 0 Å². The van der Waals surface area contributed by atoms with Crippen molar-refractivity contribution in [3.63, 3.8) is 0 Å². The van der Waals surface area contributed by atoms with Gasteiger partial charge in [0.1, 0.15) is 9.84 Å². The summed E-state index contributed by atoms with van der Waals surface area (Å²) in [7, 11) is -2.70. The topological polar surface area (TPSA) is 46.2 Å². The minimum Gasteiger partial charge on any atom is -0.314 e. The standard InChI is InChI=1S/C11H21NO2S2/c13-16(14)7-3-11(4-8-16)12-9-10-1-5-15-6-2-10/h10-12H,1-9H2. The SMILES string of the molecule is O=S1(=O)CCC(NCC2CCSCC2)CC1. The Morgan fingerprint density at radius 2 is 1.69 bits per heavy atom. The van der Waals surface area contributed by atoms with E-state index >= 15 is 0 Å². The van der Waals surface area contributed by atoms with Crippen LogP contribution < -0.4 is 5.32 Å². The highest BCUT2D eigenvalue weighted by atomic mass is 32.2. The Balaban J connectivity index is 1.67. The zero-order valence-electron chi connectivity index (χ0n) is 9.65. The fraction of sp³-hybridized carbons (Fsp3) is 1.00. The molecule has 0 aromatic carbocycles. The molecule has 2 rings (SSSR count). The molecular weight excluding hydrogens is 242 g/mol. The Hall–Kier alpha value is 0.260. The lowest BCUT2D eigenvalue weighted by atomic mass is 10.0. The van der Waals surface area contributed by atoms with Crippen molar-refractivity contribution < 1.29 is 8.42 Å². The fourth-order valence-corrected chi connectivity index (χ4v) is 5.07. The molecular formula is C11H21NO2S2. The van der Waals surface area contributed by atoms with Crippen molar-refractivity contribution in [2.24, 2.45) is 5.92 Å². The molecule has 94 valence electrons. The predicted molar refractivity (Wildman–Crippen MR) is 69.7 cm³/mol. The molecule has 0 saturated carbocycles. The van der Waals surface area contributed by atoms with E-state index in [1.165, 1.54) is 24.3 Å². The molecule has 2 heterocycles. The van der Waals surface area contributed by atoms with Gasteiger partial charge in [-0.3, -0.25) is 0 Å². The van der Waals surface area contributed by atoms with Crippen LogP contribution in [0, 0.1) is 5.92 Å². The van der Waals surface area contributed by atoms with Gasteiger partial charge in [0.2, 0.25) is 0 Å². The van der Waals surface area contributed by atoms with Gasteiger partial charge in [-0.05, 0) is 49.7 Å². The van der Waals surface area contributed by atoms with E-state index in [4.69, 9.17) is 0 Å². The van der Waals surface area contributed by atoms with Crippen LogP contribution in [0.1, 0.15) is 25.7 Å². The van der Waals surface area contributed by atoms with Gasteiger partial charge in [0.05, 0.1) is 11.5 Å². The maximum atomic E-state index is 11.3. The van der Waals surface area contributed by atoms with Crippen LogP contribution in [0.5, 0.6) is 0 Å². The Morgan fingerprint density at radius 3 is 2.31 bits per heavy atom. The van der Waals surface area contributed by atoms with Gasteiger partial charge in [-0.1, -0.05) is 0 Å². The third-order valence-corrected chi connectivity index (χ3v) is 6.35. The number of rotatable bonds is 3. The summed E-state index contributed by atoms with van der Waals surface area (Å²) in [6.07, 6.45) is 4.26. The normalized spacial score (nSPS) is 28.0. The second-order valence-corrected chi connectivity index (χ2v) is 8.42. The van der Waals surface area contributed by atoms with Crippen LogP contribution in [-0.2, 0) is 9.84 Å². The quantitative estimate of drug-likeness (QED) is 0.833. The average Bonchev–Trinajstić information content (AvgIpc) is 2.29. The predicted octanol–water partition coefficient (Wildman–Crippen LogP) is 1.30. The van der Waals surface area contributed by atoms with Gasteiger partial charge in [0, 0.05) is 6.04 Å². The zero-order chi connectivity index (χ0) is 11.4. The summed E-state index contributed by atoms with van der Waals surface area (Å²) in [4.78, 5) is 0. The van der Waals surface area contributed by atoms with Gasteiger partial charge in [-0.2, -0.15) is 11.8 Å². The zero-order valence-corrected chi connectivity index (χ0v) is 11.3. The van der Waals surface area contributed by atoms with Gasteiger partial charge >= 0.3 is 0 Å². The number of hydrogen-bond acceptors (Lipinski definition) is 4. The Kier molecular flexibility index (Phi) is 4.56. The smallest absolute Gasteiger partial charge is 0.150 e. The van der Waals surface area contributed by atoms with E-state index in [1.807, 2.05) is 0 Å². The highest BCUT2D eigenvalue weighted by Gasteiger charge is 2.24. The first-order chi connectivity index (χ1) is 7.66. The maximum absolute atomic E-state index is 11.3. The first kappa shape index (κ1) is 12.7. The van der Waals surface area contributed by atoms with Crippen molar-refractivity contribution in [1.29, 1.82) is 0 Å². The fourth-order valence-electron chi connectivity index (χ4n) is 2.38. The van der Waals surface area contributed by atoms with Gasteiger partial charge < -0.3 is 5.32 Å². The molecule has 0 radical (unpaired) electrons. The molecule has 2 saturated heterocycles. The molecule has 3 nitrogen and oxygen atoms in total. The molecule has 0 unspecified atom stereocenters. The largest absolute Gasteiger partial charge is 0.314 e.